The SMILES string of the molecule is CC.CC1(C)c2cccc3c2-n2c4c1cccc4c1cc(C4=C(c5cccc6ccccc56)CCC=C4)cc(c12)C3(C)C. The van der Waals surface area contributed by atoms with Crippen LogP contribution in [0.25, 0.3) is 49.4 Å². The van der Waals surface area contributed by atoms with E-state index in [1.54, 1.807) is 0 Å². The molecule has 1 aromatic heterocycles. The van der Waals surface area contributed by atoms with Crippen LogP contribution in [0.2, 0.25) is 0 Å². The highest BCUT2D eigenvalue weighted by molar-refractivity contribution is 6.15. The Labute approximate surface area is 255 Å². The first-order valence-corrected chi connectivity index (χ1v) is 16.0. The normalized spacial score (nSPS) is 17.1. The van der Waals surface area contributed by atoms with Crippen molar-refractivity contribution in [3.05, 3.63) is 137 Å². The molecule has 1 heteroatoms. The molecule has 0 N–H and O–H groups in total. The summed E-state index contributed by atoms with van der Waals surface area (Å²) in [6.45, 7) is 13.7. The zero-order valence-corrected chi connectivity index (χ0v) is 26.2. The molecule has 9 rings (SSSR count). The highest BCUT2D eigenvalue weighted by atomic mass is 15.0. The van der Waals surface area contributed by atoms with Gasteiger partial charge in [0.05, 0.1) is 16.7 Å². The number of benzene rings is 5. The van der Waals surface area contributed by atoms with Gasteiger partial charge in [-0.2, -0.15) is 0 Å². The summed E-state index contributed by atoms with van der Waals surface area (Å²) in [6.07, 6.45) is 6.89. The molecule has 0 fully saturated rings. The summed E-state index contributed by atoms with van der Waals surface area (Å²) in [4.78, 5) is 0. The van der Waals surface area contributed by atoms with Crippen molar-refractivity contribution in [1.82, 2.24) is 4.57 Å². The molecule has 5 aromatic carbocycles. The number of aromatic nitrogens is 1. The fourth-order valence-electron chi connectivity index (χ4n) is 8.34. The van der Waals surface area contributed by atoms with E-state index in [1.165, 1.54) is 82.8 Å². The molecule has 0 bridgehead atoms. The Bertz CT molecular complexity index is 2190. The molecule has 0 amide bonds. The molecule has 0 saturated heterocycles. The Morgan fingerprint density at radius 2 is 1.23 bits per heavy atom. The van der Waals surface area contributed by atoms with Crippen LogP contribution in [-0.4, -0.2) is 4.57 Å². The fourth-order valence-corrected chi connectivity index (χ4v) is 8.34. The molecule has 0 spiro atoms. The van der Waals surface area contributed by atoms with E-state index in [9.17, 15) is 0 Å². The van der Waals surface area contributed by atoms with Crippen LogP contribution in [-0.2, 0) is 10.8 Å². The van der Waals surface area contributed by atoms with Crippen molar-refractivity contribution in [1.29, 1.82) is 0 Å². The van der Waals surface area contributed by atoms with E-state index in [2.05, 4.69) is 135 Å². The van der Waals surface area contributed by atoms with Crippen LogP contribution in [0.4, 0.5) is 0 Å². The molecular weight excluding hydrogens is 518 g/mol. The van der Waals surface area contributed by atoms with Gasteiger partial charge in [-0.3, -0.25) is 0 Å². The molecule has 0 atom stereocenters. The smallest absolute Gasteiger partial charge is 0.0582 e. The van der Waals surface area contributed by atoms with Gasteiger partial charge >= 0.3 is 0 Å². The second kappa shape index (κ2) is 9.07. The minimum Gasteiger partial charge on any atom is -0.308 e. The van der Waals surface area contributed by atoms with Crippen LogP contribution < -0.4 is 0 Å². The van der Waals surface area contributed by atoms with Gasteiger partial charge in [-0.15, -0.1) is 0 Å². The van der Waals surface area contributed by atoms with Crippen molar-refractivity contribution in [3.8, 4) is 5.69 Å². The lowest BCUT2D eigenvalue weighted by Gasteiger charge is -2.42. The number of hydrogen-bond donors (Lipinski definition) is 0. The quantitative estimate of drug-likeness (QED) is 0.199. The third-order valence-electron chi connectivity index (χ3n) is 10.4. The first-order chi connectivity index (χ1) is 20.9. The van der Waals surface area contributed by atoms with Crippen molar-refractivity contribution >= 4 is 43.7 Å². The lowest BCUT2D eigenvalue weighted by Crippen LogP contribution is -2.33. The maximum atomic E-state index is 2.62. The summed E-state index contributed by atoms with van der Waals surface area (Å²) in [7, 11) is 0. The van der Waals surface area contributed by atoms with Gasteiger partial charge in [-0.25, -0.2) is 0 Å². The molecule has 0 saturated carbocycles. The molecule has 43 heavy (non-hydrogen) atoms. The maximum Gasteiger partial charge on any atom is 0.0582 e. The van der Waals surface area contributed by atoms with Gasteiger partial charge in [-0.1, -0.05) is 133 Å². The highest BCUT2D eigenvalue weighted by Crippen LogP contribution is 2.55. The van der Waals surface area contributed by atoms with E-state index in [0.717, 1.165) is 12.8 Å². The molecule has 2 aliphatic heterocycles. The Morgan fingerprint density at radius 1 is 0.605 bits per heavy atom. The van der Waals surface area contributed by atoms with Gasteiger partial charge in [-0.05, 0) is 80.3 Å². The summed E-state index contributed by atoms with van der Waals surface area (Å²) in [5, 5.41) is 5.40. The van der Waals surface area contributed by atoms with Crippen LogP contribution in [0.3, 0.4) is 0 Å². The van der Waals surface area contributed by atoms with Crippen LogP contribution >= 0.6 is 0 Å². The zero-order valence-electron chi connectivity index (χ0n) is 26.2. The molecule has 0 unspecified atom stereocenters. The molecule has 212 valence electrons. The molecule has 3 heterocycles. The third kappa shape index (κ3) is 3.34. The summed E-state index contributed by atoms with van der Waals surface area (Å²) < 4.78 is 2.62. The number of allylic oxidation sites excluding steroid dienone is 4. The van der Waals surface area contributed by atoms with Gasteiger partial charge in [0, 0.05) is 21.6 Å². The van der Waals surface area contributed by atoms with E-state index in [-0.39, 0.29) is 10.8 Å². The molecule has 1 aliphatic carbocycles. The topological polar surface area (TPSA) is 4.93 Å². The number of fused-ring (bicyclic) bond motifs is 2. The number of rotatable bonds is 2. The van der Waals surface area contributed by atoms with Crippen molar-refractivity contribution in [2.75, 3.05) is 0 Å². The predicted octanol–water partition coefficient (Wildman–Crippen LogP) is 11.5. The highest BCUT2D eigenvalue weighted by Gasteiger charge is 2.43. The Kier molecular flexibility index (Phi) is 5.54. The van der Waals surface area contributed by atoms with E-state index >= 15 is 0 Å². The molecule has 1 nitrogen and oxygen atoms in total. The van der Waals surface area contributed by atoms with Crippen LogP contribution in [0, 0.1) is 0 Å². The van der Waals surface area contributed by atoms with E-state index in [4.69, 9.17) is 0 Å². The van der Waals surface area contributed by atoms with Gasteiger partial charge in [0.2, 0.25) is 0 Å². The zero-order chi connectivity index (χ0) is 29.7. The standard InChI is InChI=1S/C40H33N.C2H6/c1-39(2)32-19-10-18-30-31-22-25(27-15-7-8-16-28(27)29-17-9-13-24-12-5-6-14-26(24)29)23-35-37(31)41(36(30)32)38-33(39)20-11-21-34(38)40(35,3)4;1-2/h5-7,9-15,17-23H,8,16H2,1-4H3;1-2H3. The van der Waals surface area contributed by atoms with Crippen molar-refractivity contribution < 1.29 is 0 Å². The Hall–Kier alpha value is -4.36. The van der Waals surface area contributed by atoms with E-state index < -0.39 is 0 Å². The summed E-state index contributed by atoms with van der Waals surface area (Å²) >= 11 is 0. The van der Waals surface area contributed by atoms with Crippen molar-refractivity contribution in [2.24, 2.45) is 0 Å². The summed E-state index contributed by atoms with van der Waals surface area (Å²) in [6, 6.07) is 34.6. The van der Waals surface area contributed by atoms with E-state index in [0.29, 0.717) is 0 Å². The van der Waals surface area contributed by atoms with Crippen molar-refractivity contribution in [3.63, 3.8) is 0 Å². The predicted molar refractivity (Wildman–Crippen MR) is 186 cm³/mol. The summed E-state index contributed by atoms with van der Waals surface area (Å²) in [5.41, 5.74) is 15.3. The van der Waals surface area contributed by atoms with Crippen LogP contribution in [0.1, 0.15) is 87.8 Å². The first-order valence-electron chi connectivity index (χ1n) is 16.0. The largest absolute Gasteiger partial charge is 0.308 e. The van der Waals surface area contributed by atoms with Crippen LogP contribution in [0.15, 0.2) is 103 Å². The second-order valence-corrected chi connectivity index (χ2v) is 13.3. The average Bonchev–Trinajstić information content (AvgIpc) is 3.38. The minimum atomic E-state index is -0.115. The second-order valence-electron chi connectivity index (χ2n) is 13.3. The first kappa shape index (κ1) is 26.3. The third-order valence-corrected chi connectivity index (χ3v) is 10.4. The van der Waals surface area contributed by atoms with E-state index in [1.807, 2.05) is 13.8 Å². The van der Waals surface area contributed by atoms with Gasteiger partial charge in [0.15, 0.2) is 0 Å². The number of hydrogen-bond acceptors (Lipinski definition) is 0. The number of para-hydroxylation sites is 2. The average molecular weight is 558 g/mol. The van der Waals surface area contributed by atoms with Gasteiger partial charge in [0.1, 0.15) is 0 Å². The maximum absolute atomic E-state index is 2.62. The molecule has 3 aliphatic rings. The molecule has 6 aromatic rings. The van der Waals surface area contributed by atoms with Gasteiger partial charge in [0.25, 0.3) is 0 Å². The molecular formula is C42H39N. The fraction of sp³-hybridized carbons (Fsp3) is 0.238. The monoisotopic (exact) mass is 557 g/mol. The summed E-state index contributed by atoms with van der Waals surface area (Å²) in [5.74, 6) is 0. The van der Waals surface area contributed by atoms with Crippen molar-refractivity contribution in [2.45, 2.75) is 65.2 Å². The lowest BCUT2D eigenvalue weighted by molar-refractivity contribution is 0.593. The van der Waals surface area contributed by atoms with Gasteiger partial charge < -0.3 is 4.57 Å². The lowest BCUT2D eigenvalue weighted by atomic mass is 9.68. The van der Waals surface area contributed by atoms with Crippen LogP contribution in [0.5, 0.6) is 0 Å². The minimum absolute atomic E-state index is 0.0538. The Balaban J connectivity index is 0.00000136. The molecule has 0 radical (unpaired) electrons. The number of nitrogens with zero attached hydrogens (tertiary/aromatic N) is 1. The Morgan fingerprint density at radius 3 is 2.05 bits per heavy atom.